The highest BCUT2D eigenvalue weighted by Crippen LogP contribution is 2.23. The molecule has 1 aromatic rings. The average Bonchev–Trinajstić information content (AvgIpc) is 2.32. The SMILES string of the molecule is O=C1CN(C(=O)c2ccc(Cl)c(Cl)c2)CCN1. The molecule has 0 aromatic heterocycles. The van der Waals surface area contributed by atoms with Gasteiger partial charge < -0.3 is 10.2 Å². The third kappa shape index (κ3) is 2.70. The molecule has 2 rings (SSSR count). The summed E-state index contributed by atoms with van der Waals surface area (Å²) in [6.07, 6.45) is 0. The molecule has 1 aliphatic heterocycles. The Morgan fingerprint density at radius 2 is 2.06 bits per heavy atom. The fourth-order valence-electron chi connectivity index (χ4n) is 1.62. The number of halogens is 2. The quantitative estimate of drug-likeness (QED) is 0.844. The van der Waals surface area contributed by atoms with Crippen LogP contribution in [0.5, 0.6) is 0 Å². The van der Waals surface area contributed by atoms with Gasteiger partial charge in [0, 0.05) is 18.7 Å². The van der Waals surface area contributed by atoms with Crippen molar-refractivity contribution in [2.75, 3.05) is 19.6 Å². The van der Waals surface area contributed by atoms with Crippen LogP contribution in [0.4, 0.5) is 0 Å². The van der Waals surface area contributed by atoms with Crippen molar-refractivity contribution in [3.05, 3.63) is 33.8 Å². The number of rotatable bonds is 1. The van der Waals surface area contributed by atoms with E-state index in [1.54, 1.807) is 12.1 Å². The van der Waals surface area contributed by atoms with Crippen LogP contribution in [0, 0.1) is 0 Å². The number of carbonyl (C=O) groups excluding carboxylic acids is 2. The average molecular weight is 273 g/mol. The molecule has 17 heavy (non-hydrogen) atoms. The molecule has 90 valence electrons. The molecule has 1 heterocycles. The molecule has 0 unspecified atom stereocenters. The van der Waals surface area contributed by atoms with Crippen LogP contribution < -0.4 is 5.32 Å². The summed E-state index contributed by atoms with van der Waals surface area (Å²) >= 11 is 11.6. The minimum Gasteiger partial charge on any atom is -0.353 e. The first kappa shape index (κ1) is 12.2. The maximum Gasteiger partial charge on any atom is 0.254 e. The Morgan fingerprint density at radius 3 is 2.71 bits per heavy atom. The lowest BCUT2D eigenvalue weighted by molar-refractivity contribution is -0.123. The van der Waals surface area contributed by atoms with Crippen LogP contribution in [0.1, 0.15) is 10.4 Å². The predicted molar refractivity (Wildman–Crippen MR) is 65.4 cm³/mol. The molecular formula is C11H10Cl2N2O2. The molecule has 0 spiro atoms. The first-order valence-corrected chi connectivity index (χ1v) is 5.84. The Bertz CT molecular complexity index is 477. The fraction of sp³-hybridized carbons (Fsp3) is 0.273. The van der Waals surface area contributed by atoms with Gasteiger partial charge in [-0.15, -0.1) is 0 Å². The second kappa shape index (κ2) is 4.94. The number of nitrogens with zero attached hydrogens (tertiary/aromatic N) is 1. The van der Waals surface area contributed by atoms with E-state index in [0.717, 1.165) is 0 Å². The number of amides is 2. The molecule has 0 bridgehead atoms. The van der Waals surface area contributed by atoms with Gasteiger partial charge in [0.2, 0.25) is 5.91 Å². The van der Waals surface area contributed by atoms with Gasteiger partial charge >= 0.3 is 0 Å². The normalized spacial score (nSPS) is 15.6. The van der Waals surface area contributed by atoms with E-state index in [0.29, 0.717) is 28.7 Å². The standard InChI is InChI=1S/C11H10Cl2N2O2/c12-8-2-1-7(5-9(8)13)11(17)15-4-3-14-10(16)6-15/h1-2,5H,3-4,6H2,(H,14,16). The van der Waals surface area contributed by atoms with E-state index in [4.69, 9.17) is 23.2 Å². The van der Waals surface area contributed by atoms with Crippen molar-refractivity contribution in [2.24, 2.45) is 0 Å². The topological polar surface area (TPSA) is 49.4 Å². The van der Waals surface area contributed by atoms with Gasteiger partial charge in [0.15, 0.2) is 0 Å². The van der Waals surface area contributed by atoms with Crippen LogP contribution in [0.15, 0.2) is 18.2 Å². The molecular weight excluding hydrogens is 263 g/mol. The van der Waals surface area contributed by atoms with Crippen molar-refractivity contribution < 1.29 is 9.59 Å². The summed E-state index contributed by atoms with van der Waals surface area (Å²) in [4.78, 5) is 24.7. The maximum atomic E-state index is 12.1. The first-order chi connectivity index (χ1) is 8.08. The van der Waals surface area contributed by atoms with Gasteiger partial charge in [-0.1, -0.05) is 23.2 Å². The van der Waals surface area contributed by atoms with E-state index in [2.05, 4.69) is 5.32 Å². The molecule has 4 nitrogen and oxygen atoms in total. The number of nitrogens with one attached hydrogen (secondary N) is 1. The van der Waals surface area contributed by atoms with E-state index in [9.17, 15) is 9.59 Å². The number of hydrogen-bond acceptors (Lipinski definition) is 2. The molecule has 1 N–H and O–H groups in total. The molecule has 2 amide bonds. The molecule has 1 fully saturated rings. The van der Waals surface area contributed by atoms with E-state index in [1.165, 1.54) is 11.0 Å². The Hall–Kier alpha value is -1.26. The molecule has 1 aliphatic rings. The minimum atomic E-state index is -0.210. The van der Waals surface area contributed by atoms with Gasteiger partial charge in [0.25, 0.3) is 5.91 Å². The summed E-state index contributed by atoms with van der Waals surface area (Å²) in [5.41, 5.74) is 0.439. The largest absolute Gasteiger partial charge is 0.353 e. The molecule has 1 aromatic carbocycles. The van der Waals surface area contributed by atoms with Gasteiger partial charge in [-0.25, -0.2) is 0 Å². The Morgan fingerprint density at radius 1 is 1.29 bits per heavy atom. The number of carbonyl (C=O) groups is 2. The summed E-state index contributed by atoms with van der Waals surface area (Å²) in [7, 11) is 0. The van der Waals surface area contributed by atoms with E-state index in [-0.39, 0.29) is 18.4 Å². The zero-order valence-electron chi connectivity index (χ0n) is 8.87. The predicted octanol–water partition coefficient (Wildman–Crippen LogP) is 1.57. The molecule has 0 aliphatic carbocycles. The zero-order valence-corrected chi connectivity index (χ0v) is 10.4. The molecule has 0 saturated carbocycles. The van der Waals surface area contributed by atoms with Crippen LogP contribution in [0.25, 0.3) is 0 Å². The van der Waals surface area contributed by atoms with Gasteiger partial charge in [-0.05, 0) is 18.2 Å². The Balaban J connectivity index is 2.18. The lowest BCUT2D eigenvalue weighted by atomic mass is 10.2. The Kier molecular flexibility index (Phi) is 3.54. The first-order valence-electron chi connectivity index (χ1n) is 5.09. The Labute approximate surface area is 108 Å². The van der Waals surface area contributed by atoms with E-state index in [1.807, 2.05) is 0 Å². The van der Waals surface area contributed by atoms with Crippen LogP contribution in [0.2, 0.25) is 10.0 Å². The number of benzene rings is 1. The third-order valence-corrected chi connectivity index (χ3v) is 3.23. The third-order valence-electron chi connectivity index (χ3n) is 2.49. The van der Waals surface area contributed by atoms with Crippen molar-refractivity contribution in [3.63, 3.8) is 0 Å². The van der Waals surface area contributed by atoms with Crippen LogP contribution in [-0.4, -0.2) is 36.3 Å². The van der Waals surface area contributed by atoms with Crippen LogP contribution in [-0.2, 0) is 4.79 Å². The summed E-state index contributed by atoms with van der Waals surface area (Å²) in [6.45, 7) is 1.07. The highest BCUT2D eigenvalue weighted by molar-refractivity contribution is 6.42. The summed E-state index contributed by atoms with van der Waals surface area (Å²) in [5, 5.41) is 3.39. The van der Waals surface area contributed by atoms with E-state index >= 15 is 0 Å². The van der Waals surface area contributed by atoms with Gasteiger partial charge in [-0.3, -0.25) is 9.59 Å². The number of hydrogen-bond donors (Lipinski definition) is 1. The highest BCUT2D eigenvalue weighted by Gasteiger charge is 2.22. The second-order valence-electron chi connectivity index (χ2n) is 3.71. The van der Waals surface area contributed by atoms with Gasteiger partial charge in [0.05, 0.1) is 16.6 Å². The maximum absolute atomic E-state index is 12.1. The van der Waals surface area contributed by atoms with Crippen molar-refractivity contribution >= 4 is 35.0 Å². The monoisotopic (exact) mass is 272 g/mol. The van der Waals surface area contributed by atoms with Gasteiger partial charge in [-0.2, -0.15) is 0 Å². The molecule has 1 saturated heterocycles. The number of piperazine rings is 1. The molecule has 0 atom stereocenters. The van der Waals surface area contributed by atoms with Crippen molar-refractivity contribution in [2.45, 2.75) is 0 Å². The van der Waals surface area contributed by atoms with Crippen molar-refractivity contribution in [1.29, 1.82) is 0 Å². The van der Waals surface area contributed by atoms with Crippen molar-refractivity contribution in [3.8, 4) is 0 Å². The van der Waals surface area contributed by atoms with Crippen LogP contribution >= 0.6 is 23.2 Å². The minimum absolute atomic E-state index is 0.0824. The molecule has 6 heteroatoms. The summed E-state index contributed by atoms with van der Waals surface area (Å²) in [6, 6.07) is 4.68. The highest BCUT2D eigenvalue weighted by atomic mass is 35.5. The lowest BCUT2D eigenvalue weighted by Gasteiger charge is -2.26. The van der Waals surface area contributed by atoms with E-state index < -0.39 is 0 Å². The zero-order chi connectivity index (χ0) is 12.4. The summed E-state index contributed by atoms with van der Waals surface area (Å²) < 4.78 is 0. The van der Waals surface area contributed by atoms with Gasteiger partial charge in [0.1, 0.15) is 0 Å². The fourth-order valence-corrected chi connectivity index (χ4v) is 1.92. The van der Waals surface area contributed by atoms with Crippen LogP contribution in [0.3, 0.4) is 0 Å². The smallest absolute Gasteiger partial charge is 0.254 e. The summed E-state index contributed by atoms with van der Waals surface area (Å²) in [5.74, 6) is -0.358. The van der Waals surface area contributed by atoms with Crippen molar-refractivity contribution in [1.82, 2.24) is 10.2 Å². The lowest BCUT2D eigenvalue weighted by Crippen LogP contribution is -2.49. The molecule has 0 radical (unpaired) electrons. The second-order valence-corrected chi connectivity index (χ2v) is 4.52.